The third kappa shape index (κ3) is 4.27. The van der Waals surface area contributed by atoms with Crippen molar-refractivity contribution in [3.8, 4) is 5.75 Å². The number of fused-ring (bicyclic) bond motifs is 2. The van der Waals surface area contributed by atoms with Crippen molar-refractivity contribution in [3.05, 3.63) is 69.9 Å². The van der Waals surface area contributed by atoms with Gasteiger partial charge in [0.1, 0.15) is 6.54 Å². The van der Waals surface area contributed by atoms with Gasteiger partial charge in [-0.05, 0) is 56.7 Å². The summed E-state index contributed by atoms with van der Waals surface area (Å²) in [6, 6.07) is 11.3. The molecule has 0 N–H and O–H groups in total. The summed E-state index contributed by atoms with van der Waals surface area (Å²) < 4.78 is 14.2. The first-order valence-electron chi connectivity index (χ1n) is 9.27. The molecule has 4 rings (SSSR count). The lowest BCUT2D eigenvalue weighted by Crippen LogP contribution is -3.00. The van der Waals surface area contributed by atoms with Gasteiger partial charge in [-0.15, -0.1) is 0 Å². The highest BCUT2D eigenvalue weighted by Crippen LogP contribution is 2.40. The normalized spacial score (nSPS) is 14.9. The van der Waals surface area contributed by atoms with E-state index in [2.05, 4.69) is 23.3 Å². The summed E-state index contributed by atoms with van der Waals surface area (Å²) in [5, 5.41) is 1.39. The minimum absolute atomic E-state index is 0. The van der Waals surface area contributed by atoms with Crippen LogP contribution in [0.25, 0.3) is 17.2 Å². The molecule has 1 aliphatic rings. The van der Waals surface area contributed by atoms with Crippen LogP contribution in [0.4, 0.5) is 5.69 Å². The van der Waals surface area contributed by atoms with Crippen LogP contribution in [0, 0.1) is 0 Å². The number of aryl methyl sites for hydroxylation is 1. The number of hydrogen-bond donors (Lipinski definition) is 0. The van der Waals surface area contributed by atoms with Gasteiger partial charge in [0, 0.05) is 28.7 Å². The number of rotatable bonds is 4. The molecule has 0 bridgehead atoms. The highest BCUT2D eigenvalue weighted by molar-refractivity contribution is 6.31. The molecule has 29 heavy (non-hydrogen) atoms. The zero-order chi connectivity index (χ0) is 19.8. The molecule has 3 aromatic rings. The number of oxazole rings is 1. The maximum atomic E-state index is 6.15. The van der Waals surface area contributed by atoms with Crippen molar-refractivity contribution in [2.75, 3.05) is 11.4 Å². The molecule has 4 nitrogen and oxygen atoms in total. The van der Waals surface area contributed by atoms with E-state index in [0.29, 0.717) is 10.0 Å². The van der Waals surface area contributed by atoms with Crippen molar-refractivity contribution < 1.29 is 37.7 Å². The van der Waals surface area contributed by atoms with Crippen molar-refractivity contribution in [2.45, 2.75) is 27.3 Å². The molecule has 0 saturated carbocycles. The zero-order valence-electron chi connectivity index (χ0n) is 16.4. The molecular weight excluding hydrogens is 522 g/mol. The van der Waals surface area contributed by atoms with Gasteiger partial charge in [-0.25, -0.2) is 0 Å². The van der Waals surface area contributed by atoms with Crippen LogP contribution in [-0.2, 0) is 6.54 Å². The molecule has 0 amide bonds. The van der Waals surface area contributed by atoms with Gasteiger partial charge in [-0.2, -0.15) is 4.57 Å². The van der Waals surface area contributed by atoms with Gasteiger partial charge in [-0.3, -0.25) is 0 Å². The summed E-state index contributed by atoms with van der Waals surface area (Å²) in [4.78, 5) is 2.10. The smallest absolute Gasteiger partial charge is 0.374 e. The molecule has 0 saturated heterocycles. The van der Waals surface area contributed by atoms with Gasteiger partial charge in [0.15, 0.2) is 5.75 Å². The van der Waals surface area contributed by atoms with Crippen LogP contribution >= 0.6 is 23.2 Å². The van der Waals surface area contributed by atoms with E-state index in [1.165, 1.54) is 0 Å². The van der Waals surface area contributed by atoms with E-state index in [4.69, 9.17) is 32.4 Å². The van der Waals surface area contributed by atoms with Gasteiger partial charge in [0.05, 0.1) is 11.8 Å². The van der Waals surface area contributed by atoms with Gasteiger partial charge >= 0.3 is 5.89 Å². The van der Waals surface area contributed by atoms with Crippen LogP contribution in [0.15, 0.2) is 58.3 Å². The van der Waals surface area contributed by atoms with Crippen LogP contribution in [-0.4, -0.2) is 6.54 Å². The molecule has 0 radical (unpaired) electrons. The molecule has 0 unspecified atom stereocenters. The number of hydrogen-bond acceptors (Lipinski definition) is 3. The average Bonchev–Trinajstić information content (AvgIpc) is 3.17. The van der Waals surface area contributed by atoms with E-state index >= 15 is 0 Å². The Morgan fingerprint density at radius 3 is 2.55 bits per heavy atom. The zero-order valence-corrected chi connectivity index (χ0v) is 20.0. The van der Waals surface area contributed by atoms with Crippen molar-refractivity contribution in [3.63, 3.8) is 0 Å². The Balaban J connectivity index is 0.00000240. The van der Waals surface area contributed by atoms with Crippen LogP contribution in [0.2, 0.25) is 10.0 Å². The molecule has 2 heterocycles. The van der Waals surface area contributed by atoms with Crippen molar-refractivity contribution in [1.82, 2.24) is 0 Å². The highest BCUT2D eigenvalue weighted by atomic mass is 127. The molecule has 0 fully saturated rings. The van der Waals surface area contributed by atoms with Crippen molar-refractivity contribution in [2.24, 2.45) is 0 Å². The lowest BCUT2D eigenvalue weighted by Gasteiger charge is -2.15. The fraction of sp³-hybridized carbons (Fsp3) is 0.227. The van der Waals surface area contributed by atoms with E-state index in [1.807, 2.05) is 55.5 Å². The molecule has 152 valence electrons. The second kappa shape index (κ2) is 8.98. The molecule has 0 aliphatic carbocycles. The molecule has 1 aliphatic heterocycles. The summed E-state index contributed by atoms with van der Waals surface area (Å²) in [7, 11) is 0. The summed E-state index contributed by atoms with van der Waals surface area (Å²) >= 11 is 12.3. The Labute approximate surface area is 197 Å². The molecule has 1 aromatic heterocycles. The molecule has 2 aromatic carbocycles. The summed E-state index contributed by atoms with van der Waals surface area (Å²) in [6.07, 6.45) is 4.02. The van der Waals surface area contributed by atoms with E-state index in [0.717, 1.165) is 53.0 Å². The second-order valence-electron chi connectivity index (χ2n) is 6.63. The lowest BCUT2D eigenvalue weighted by atomic mass is 10.2. The monoisotopic (exact) mass is 542 g/mol. The quantitative estimate of drug-likeness (QED) is 0.374. The van der Waals surface area contributed by atoms with Gasteiger partial charge in [-0.1, -0.05) is 23.2 Å². The SMILES string of the molecule is CCN1/C(=C/C(C)=C/c2oc3ccc(Cl)cc3[n+]2CC)Oc2ccc(Cl)cc21.[I-]. The topological polar surface area (TPSA) is 29.5 Å². The highest BCUT2D eigenvalue weighted by Gasteiger charge is 2.25. The van der Waals surface area contributed by atoms with Crippen LogP contribution in [0.3, 0.4) is 0 Å². The number of anilines is 1. The van der Waals surface area contributed by atoms with Crippen LogP contribution < -0.4 is 38.2 Å². The predicted octanol–water partition coefficient (Wildman–Crippen LogP) is 3.21. The van der Waals surface area contributed by atoms with E-state index < -0.39 is 0 Å². The van der Waals surface area contributed by atoms with Crippen molar-refractivity contribution >= 4 is 46.1 Å². The third-order valence-electron chi connectivity index (χ3n) is 4.72. The Morgan fingerprint density at radius 2 is 1.83 bits per heavy atom. The maximum Gasteiger partial charge on any atom is 0.374 e. The molecule has 7 heteroatoms. The number of halogens is 3. The summed E-state index contributed by atoms with van der Waals surface area (Å²) in [6.45, 7) is 7.76. The van der Waals surface area contributed by atoms with E-state index in [1.54, 1.807) is 0 Å². The lowest BCUT2D eigenvalue weighted by molar-refractivity contribution is -0.674. The number of allylic oxidation sites excluding steroid dienone is 2. The van der Waals surface area contributed by atoms with Crippen LogP contribution in [0.5, 0.6) is 5.75 Å². The minimum Gasteiger partial charge on any atom is -1.00 e. The van der Waals surface area contributed by atoms with Gasteiger partial charge in [0.25, 0.3) is 5.52 Å². The molecule has 0 spiro atoms. The number of aromatic nitrogens is 1. The first-order chi connectivity index (χ1) is 13.5. The average molecular weight is 543 g/mol. The number of benzene rings is 2. The van der Waals surface area contributed by atoms with E-state index in [-0.39, 0.29) is 24.0 Å². The first kappa shape index (κ1) is 22.0. The summed E-state index contributed by atoms with van der Waals surface area (Å²) in [5.74, 6) is 2.36. The first-order valence-corrected chi connectivity index (χ1v) is 10.0. The van der Waals surface area contributed by atoms with Gasteiger partial charge in [0.2, 0.25) is 11.5 Å². The Hall–Kier alpha value is -1.70. The number of nitrogens with zero attached hydrogens (tertiary/aromatic N) is 2. The minimum atomic E-state index is 0. The Bertz CT molecular complexity index is 1120. The fourth-order valence-corrected chi connectivity index (χ4v) is 3.78. The van der Waals surface area contributed by atoms with Crippen molar-refractivity contribution in [1.29, 1.82) is 0 Å². The van der Waals surface area contributed by atoms with Crippen LogP contribution in [0.1, 0.15) is 26.7 Å². The van der Waals surface area contributed by atoms with E-state index in [9.17, 15) is 0 Å². The van der Waals surface area contributed by atoms with Gasteiger partial charge < -0.3 is 38.0 Å². The standard InChI is InChI=1S/C22H21Cl2N2O2.HI/c1-4-25-17-12-15(23)6-8-19(17)27-21(25)10-14(3)11-22-26(5-2)18-13-16(24)7-9-20(18)28-22;/h6-13H,4-5H2,1-3H3;1H/q+1;/p-1. The fourth-order valence-electron chi connectivity index (χ4n) is 3.45. The molecule has 0 atom stereocenters. The molecular formula is C22H21Cl2IN2O2. The predicted molar refractivity (Wildman–Crippen MR) is 114 cm³/mol. The Morgan fingerprint density at radius 1 is 1.10 bits per heavy atom. The second-order valence-corrected chi connectivity index (χ2v) is 7.50. The third-order valence-corrected chi connectivity index (χ3v) is 5.19. The summed E-state index contributed by atoms with van der Waals surface area (Å²) in [5.41, 5.74) is 3.79. The Kier molecular flexibility index (Phi) is 6.81. The number of ether oxygens (including phenoxy) is 1. The maximum absolute atomic E-state index is 6.15. The largest absolute Gasteiger partial charge is 1.00 e.